The second kappa shape index (κ2) is 9.90. The highest BCUT2D eigenvalue weighted by Gasteiger charge is 2.03. The van der Waals surface area contributed by atoms with E-state index in [9.17, 15) is 4.79 Å². The van der Waals surface area contributed by atoms with Crippen LogP contribution in [0, 0.1) is 6.92 Å². The number of hydrogen-bond donors (Lipinski definition) is 2. The maximum absolute atomic E-state index is 11.8. The zero-order chi connectivity index (χ0) is 19.8. The van der Waals surface area contributed by atoms with E-state index < -0.39 is 0 Å². The van der Waals surface area contributed by atoms with E-state index in [1.54, 1.807) is 28.0 Å². The third-order valence-corrected chi connectivity index (χ3v) is 5.45. The van der Waals surface area contributed by atoms with Gasteiger partial charge in [0, 0.05) is 23.7 Å². The molecule has 28 heavy (non-hydrogen) atoms. The van der Waals surface area contributed by atoms with Gasteiger partial charge in [0.1, 0.15) is 0 Å². The molecule has 0 bridgehead atoms. The van der Waals surface area contributed by atoms with Crippen LogP contribution in [0.3, 0.4) is 0 Å². The van der Waals surface area contributed by atoms with Crippen LogP contribution in [-0.2, 0) is 19.6 Å². The quantitative estimate of drug-likeness (QED) is 0.476. The number of aromatic nitrogens is 1. The minimum Gasteiger partial charge on any atom is -0.357 e. The van der Waals surface area contributed by atoms with Crippen LogP contribution in [0.25, 0.3) is 0 Å². The number of guanidine groups is 1. The van der Waals surface area contributed by atoms with E-state index >= 15 is 0 Å². The van der Waals surface area contributed by atoms with E-state index in [4.69, 9.17) is 0 Å². The minimum atomic E-state index is 0.0125. The lowest BCUT2D eigenvalue weighted by molar-refractivity contribution is 0.759. The smallest absolute Gasteiger partial charge is 0.250 e. The number of aliphatic imine (C=N–C) groups is 1. The fourth-order valence-corrected chi connectivity index (χ4v) is 3.65. The Bertz CT molecular complexity index is 972. The number of thiophene rings is 1. The van der Waals surface area contributed by atoms with Crippen molar-refractivity contribution >= 4 is 17.3 Å². The molecule has 0 aliphatic rings. The number of pyridine rings is 1. The van der Waals surface area contributed by atoms with E-state index in [0.29, 0.717) is 13.1 Å². The molecule has 0 spiro atoms. The molecule has 2 N–H and O–H groups in total. The fourth-order valence-electron chi connectivity index (χ4n) is 2.80. The van der Waals surface area contributed by atoms with Gasteiger partial charge in [-0.15, -0.1) is 11.3 Å². The first-order valence-electron chi connectivity index (χ1n) is 9.44. The van der Waals surface area contributed by atoms with Crippen LogP contribution in [0.15, 0.2) is 69.9 Å². The van der Waals surface area contributed by atoms with Gasteiger partial charge in [-0.2, -0.15) is 0 Å². The molecule has 0 fully saturated rings. The van der Waals surface area contributed by atoms with Crippen molar-refractivity contribution in [3.05, 3.63) is 92.0 Å². The van der Waals surface area contributed by atoms with Gasteiger partial charge in [-0.05, 0) is 48.1 Å². The third kappa shape index (κ3) is 5.57. The zero-order valence-corrected chi connectivity index (χ0v) is 17.1. The zero-order valence-electron chi connectivity index (χ0n) is 16.3. The maximum Gasteiger partial charge on any atom is 0.250 e. The van der Waals surface area contributed by atoms with Crippen LogP contribution in [0.1, 0.15) is 28.5 Å². The molecule has 0 unspecified atom stereocenters. The summed E-state index contributed by atoms with van der Waals surface area (Å²) in [6.45, 7) is 6.97. The van der Waals surface area contributed by atoms with Crippen molar-refractivity contribution in [1.29, 1.82) is 0 Å². The summed E-state index contributed by atoms with van der Waals surface area (Å²) >= 11 is 1.76. The lowest BCUT2D eigenvalue weighted by Gasteiger charge is -2.11. The molecule has 0 saturated heterocycles. The summed E-state index contributed by atoms with van der Waals surface area (Å²) in [6.07, 6.45) is 1.81. The van der Waals surface area contributed by atoms with Gasteiger partial charge in [-0.25, -0.2) is 4.99 Å². The van der Waals surface area contributed by atoms with Gasteiger partial charge >= 0.3 is 0 Å². The SMILES string of the molecule is CCNC(=NCc1ccc(Cn2ccccc2=O)cc1)NCc1sccc1C. The van der Waals surface area contributed by atoms with Gasteiger partial charge in [0.25, 0.3) is 5.56 Å². The van der Waals surface area contributed by atoms with Crippen molar-refractivity contribution in [2.75, 3.05) is 6.54 Å². The van der Waals surface area contributed by atoms with Crippen molar-refractivity contribution in [3.63, 3.8) is 0 Å². The number of benzene rings is 1. The van der Waals surface area contributed by atoms with Gasteiger partial charge in [-0.1, -0.05) is 30.3 Å². The second-order valence-electron chi connectivity index (χ2n) is 6.56. The Hall–Kier alpha value is -2.86. The molecule has 146 valence electrons. The number of aryl methyl sites for hydroxylation is 1. The number of rotatable bonds is 7. The predicted molar refractivity (Wildman–Crippen MR) is 117 cm³/mol. The maximum atomic E-state index is 11.8. The third-order valence-electron chi connectivity index (χ3n) is 4.42. The summed E-state index contributed by atoms with van der Waals surface area (Å²) in [5, 5.41) is 8.80. The highest BCUT2D eigenvalue weighted by molar-refractivity contribution is 7.10. The monoisotopic (exact) mass is 394 g/mol. The summed E-state index contributed by atoms with van der Waals surface area (Å²) in [6, 6.07) is 15.6. The van der Waals surface area contributed by atoms with Crippen molar-refractivity contribution in [1.82, 2.24) is 15.2 Å². The lowest BCUT2D eigenvalue weighted by atomic mass is 10.1. The Labute approximate surface area is 169 Å². The van der Waals surface area contributed by atoms with E-state index in [1.165, 1.54) is 10.4 Å². The van der Waals surface area contributed by atoms with Gasteiger partial charge < -0.3 is 15.2 Å². The normalized spacial score (nSPS) is 11.4. The summed E-state index contributed by atoms with van der Waals surface area (Å²) in [5.41, 5.74) is 3.55. The Morgan fingerprint density at radius 1 is 1.07 bits per heavy atom. The number of nitrogens with one attached hydrogen (secondary N) is 2. The first-order valence-corrected chi connectivity index (χ1v) is 10.3. The van der Waals surface area contributed by atoms with Gasteiger partial charge in [0.2, 0.25) is 0 Å². The Kier molecular flexibility index (Phi) is 7.03. The molecular weight excluding hydrogens is 368 g/mol. The molecule has 0 amide bonds. The Morgan fingerprint density at radius 2 is 1.86 bits per heavy atom. The summed E-state index contributed by atoms with van der Waals surface area (Å²) in [4.78, 5) is 17.8. The minimum absolute atomic E-state index is 0.0125. The number of nitrogens with zero attached hydrogens (tertiary/aromatic N) is 2. The molecule has 3 rings (SSSR count). The molecular formula is C22H26N4OS. The lowest BCUT2D eigenvalue weighted by Crippen LogP contribution is -2.36. The van der Waals surface area contributed by atoms with Crippen LogP contribution < -0.4 is 16.2 Å². The average molecular weight is 395 g/mol. The molecule has 5 nitrogen and oxygen atoms in total. The van der Waals surface area contributed by atoms with Crippen LogP contribution in [0.5, 0.6) is 0 Å². The van der Waals surface area contributed by atoms with Crippen molar-refractivity contribution < 1.29 is 0 Å². The molecule has 3 aromatic rings. The Balaban J connectivity index is 1.60. The van der Waals surface area contributed by atoms with E-state index in [-0.39, 0.29) is 5.56 Å². The van der Waals surface area contributed by atoms with E-state index in [0.717, 1.165) is 30.2 Å². The summed E-state index contributed by atoms with van der Waals surface area (Å²) < 4.78 is 1.70. The van der Waals surface area contributed by atoms with E-state index in [1.807, 2.05) is 12.3 Å². The van der Waals surface area contributed by atoms with Crippen LogP contribution in [-0.4, -0.2) is 17.1 Å². The molecule has 2 heterocycles. The van der Waals surface area contributed by atoms with Crippen LogP contribution in [0.4, 0.5) is 0 Å². The first-order chi connectivity index (χ1) is 13.7. The van der Waals surface area contributed by atoms with E-state index in [2.05, 4.69) is 65.2 Å². The molecule has 0 aliphatic heterocycles. The molecule has 2 aromatic heterocycles. The average Bonchev–Trinajstić information content (AvgIpc) is 3.12. The van der Waals surface area contributed by atoms with Crippen LogP contribution in [0.2, 0.25) is 0 Å². The first kappa shape index (κ1) is 19.9. The Morgan fingerprint density at radius 3 is 2.54 bits per heavy atom. The standard InChI is InChI=1S/C22H26N4OS/c1-3-23-22(25-15-20-17(2)11-13-28-20)24-14-18-7-9-19(10-8-18)16-26-12-5-4-6-21(26)27/h4-13H,3,14-16H2,1-2H3,(H2,23,24,25). The molecule has 1 aromatic carbocycles. The largest absolute Gasteiger partial charge is 0.357 e. The van der Waals surface area contributed by atoms with Gasteiger partial charge in [0.05, 0.1) is 19.6 Å². The molecule has 0 saturated carbocycles. The van der Waals surface area contributed by atoms with Gasteiger partial charge in [0.15, 0.2) is 5.96 Å². The molecule has 0 aliphatic carbocycles. The molecule has 0 atom stereocenters. The topological polar surface area (TPSA) is 58.4 Å². The molecule has 0 radical (unpaired) electrons. The fraction of sp³-hybridized carbons (Fsp3) is 0.273. The van der Waals surface area contributed by atoms with Gasteiger partial charge in [-0.3, -0.25) is 4.79 Å². The second-order valence-corrected chi connectivity index (χ2v) is 7.56. The number of hydrogen-bond acceptors (Lipinski definition) is 3. The highest BCUT2D eigenvalue weighted by Crippen LogP contribution is 2.14. The predicted octanol–water partition coefficient (Wildman–Crippen LogP) is 3.52. The summed E-state index contributed by atoms with van der Waals surface area (Å²) in [7, 11) is 0. The van der Waals surface area contributed by atoms with Crippen LogP contribution >= 0.6 is 11.3 Å². The molecule has 6 heteroatoms. The summed E-state index contributed by atoms with van der Waals surface area (Å²) in [5.74, 6) is 0.815. The highest BCUT2D eigenvalue weighted by atomic mass is 32.1. The van der Waals surface area contributed by atoms with Crippen molar-refractivity contribution in [3.8, 4) is 0 Å². The van der Waals surface area contributed by atoms with Crippen molar-refractivity contribution in [2.24, 2.45) is 4.99 Å². The van der Waals surface area contributed by atoms with Crippen molar-refractivity contribution in [2.45, 2.75) is 33.5 Å².